The highest BCUT2D eigenvalue weighted by molar-refractivity contribution is 7.92. The van der Waals surface area contributed by atoms with Crippen LogP contribution in [0.1, 0.15) is 18.4 Å². The first-order valence-corrected chi connectivity index (χ1v) is 10.2. The van der Waals surface area contributed by atoms with E-state index in [0.717, 1.165) is 0 Å². The van der Waals surface area contributed by atoms with E-state index in [1.807, 2.05) is 6.92 Å². The second kappa shape index (κ2) is 7.06. The van der Waals surface area contributed by atoms with Crippen molar-refractivity contribution >= 4 is 27.0 Å². The molecule has 4 nitrogen and oxygen atoms in total. The van der Waals surface area contributed by atoms with Crippen LogP contribution in [-0.2, 0) is 14.6 Å². The molecule has 1 saturated carbocycles. The lowest BCUT2D eigenvalue weighted by Gasteiger charge is -2.17. The van der Waals surface area contributed by atoms with E-state index in [-0.39, 0.29) is 22.3 Å². The molecule has 3 rings (SSSR count). The van der Waals surface area contributed by atoms with E-state index in [4.69, 9.17) is 22.7 Å². The van der Waals surface area contributed by atoms with Gasteiger partial charge in [0.05, 0.1) is 27.2 Å². The second-order valence-corrected chi connectivity index (χ2v) is 8.86. The number of ether oxygens (including phenoxy) is 1. The monoisotopic (exact) mass is 393 g/mol. The predicted octanol–water partition coefficient (Wildman–Crippen LogP) is 3.07. The lowest BCUT2D eigenvalue weighted by Crippen LogP contribution is -2.33. The van der Waals surface area contributed by atoms with Crippen molar-refractivity contribution in [2.45, 2.75) is 23.0 Å². The Morgan fingerprint density at radius 2 is 1.81 bits per heavy atom. The van der Waals surface area contributed by atoms with E-state index in [1.165, 1.54) is 12.1 Å². The SMILES string of the molecule is CCOC[C@]1(C(N)=S)[C@@H](c2ccc(F)cc2)[C@@H]1S(=O)(=O)c1ccccc1. The van der Waals surface area contributed by atoms with Gasteiger partial charge in [-0.2, -0.15) is 0 Å². The Labute approximate surface area is 158 Å². The van der Waals surface area contributed by atoms with Gasteiger partial charge in [0.25, 0.3) is 0 Å². The molecule has 0 unspecified atom stereocenters. The molecule has 0 aromatic heterocycles. The number of rotatable bonds is 7. The van der Waals surface area contributed by atoms with Gasteiger partial charge in [0, 0.05) is 12.5 Å². The molecule has 2 N–H and O–H groups in total. The zero-order valence-electron chi connectivity index (χ0n) is 14.3. The van der Waals surface area contributed by atoms with Crippen molar-refractivity contribution in [1.29, 1.82) is 0 Å². The molecule has 7 heteroatoms. The van der Waals surface area contributed by atoms with E-state index < -0.39 is 26.4 Å². The average molecular weight is 394 g/mol. The molecular weight excluding hydrogens is 373 g/mol. The molecule has 3 atom stereocenters. The summed E-state index contributed by atoms with van der Waals surface area (Å²) in [6.45, 7) is 2.35. The van der Waals surface area contributed by atoms with E-state index >= 15 is 0 Å². The largest absolute Gasteiger partial charge is 0.393 e. The van der Waals surface area contributed by atoms with Crippen LogP contribution < -0.4 is 5.73 Å². The zero-order chi connectivity index (χ0) is 18.9. The maximum absolute atomic E-state index is 13.3. The Morgan fingerprint density at radius 3 is 2.35 bits per heavy atom. The first kappa shape index (κ1) is 18.9. The number of hydrogen-bond acceptors (Lipinski definition) is 4. The van der Waals surface area contributed by atoms with Crippen molar-refractivity contribution in [2.24, 2.45) is 11.1 Å². The highest BCUT2D eigenvalue weighted by Gasteiger charge is 2.73. The number of benzene rings is 2. The lowest BCUT2D eigenvalue weighted by molar-refractivity contribution is 0.121. The smallest absolute Gasteiger partial charge is 0.182 e. The normalized spacial score (nSPS) is 25.0. The number of hydrogen-bond donors (Lipinski definition) is 1. The fraction of sp³-hybridized carbons (Fsp3) is 0.316. The summed E-state index contributed by atoms with van der Waals surface area (Å²) in [5.41, 5.74) is 5.69. The molecule has 1 fully saturated rings. The zero-order valence-corrected chi connectivity index (χ0v) is 15.9. The van der Waals surface area contributed by atoms with Gasteiger partial charge in [-0.3, -0.25) is 0 Å². The Bertz CT molecular complexity index is 900. The molecule has 26 heavy (non-hydrogen) atoms. The maximum Gasteiger partial charge on any atom is 0.182 e. The van der Waals surface area contributed by atoms with E-state index in [9.17, 15) is 12.8 Å². The van der Waals surface area contributed by atoms with E-state index in [0.29, 0.717) is 12.2 Å². The van der Waals surface area contributed by atoms with Gasteiger partial charge in [0.1, 0.15) is 5.82 Å². The summed E-state index contributed by atoms with van der Waals surface area (Å²) in [4.78, 5) is 0.316. The number of thiocarbonyl (C=S) groups is 1. The van der Waals surface area contributed by atoms with Crippen LogP contribution in [0.3, 0.4) is 0 Å². The van der Waals surface area contributed by atoms with Crippen LogP contribution in [-0.4, -0.2) is 31.9 Å². The minimum Gasteiger partial charge on any atom is -0.393 e. The van der Waals surface area contributed by atoms with Crippen molar-refractivity contribution < 1.29 is 17.5 Å². The van der Waals surface area contributed by atoms with Crippen molar-refractivity contribution in [3.05, 3.63) is 66.0 Å². The van der Waals surface area contributed by atoms with Crippen molar-refractivity contribution in [3.63, 3.8) is 0 Å². The number of halogens is 1. The predicted molar refractivity (Wildman–Crippen MR) is 102 cm³/mol. The molecule has 138 valence electrons. The summed E-state index contributed by atoms with van der Waals surface area (Å²) in [7, 11) is -3.70. The van der Waals surface area contributed by atoms with Gasteiger partial charge >= 0.3 is 0 Å². The molecule has 1 aliphatic carbocycles. The first-order chi connectivity index (χ1) is 12.4. The van der Waals surface area contributed by atoms with Crippen molar-refractivity contribution in [1.82, 2.24) is 0 Å². The second-order valence-electron chi connectivity index (χ2n) is 6.35. The van der Waals surface area contributed by atoms with Gasteiger partial charge < -0.3 is 10.5 Å². The molecule has 0 saturated heterocycles. The minimum atomic E-state index is -3.70. The summed E-state index contributed by atoms with van der Waals surface area (Å²) in [5, 5.41) is -0.841. The first-order valence-electron chi connectivity index (χ1n) is 8.27. The maximum atomic E-state index is 13.3. The molecule has 1 aliphatic rings. The van der Waals surface area contributed by atoms with Crippen LogP contribution in [0.15, 0.2) is 59.5 Å². The number of nitrogens with two attached hydrogens (primary N) is 1. The molecule has 0 aliphatic heterocycles. The van der Waals surface area contributed by atoms with Gasteiger partial charge in [0.2, 0.25) is 0 Å². The summed E-state index contributed by atoms with van der Waals surface area (Å²) < 4.78 is 45.4. The van der Waals surface area contributed by atoms with Crippen molar-refractivity contribution in [2.75, 3.05) is 13.2 Å². The topological polar surface area (TPSA) is 69.4 Å². The molecule has 0 amide bonds. The van der Waals surface area contributed by atoms with Crippen LogP contribution in [0, 0.1) is 11.2 Å². The van der Waals surface area contributed by atoms with Gasteiger partial charge in [-0.05, 0) is 36.8 Å². The molecule has 0 heterocycles. The van der Waals surface area contributed by atoms with Crippen LogP contribution in [0.4, 0.5) is 4.39 Å². The number of sulfone groups is 1. The quantitative estimate of drug-likeness (QED) is 0.732. The Balaban J connectivity index is 2.10. The summed E-state index contributed by atoms with van der Waals surface area (Å²) in [6.07, 6.45) is 0. The molecule has 0 spiro atoms. The summed E-state index contributed by atoms with van der Waals surface area (Å²) in [6, 6.07) is 14.0. The Hall–Kier alpha value is -1.83. The van der Waals surface area contributed by atoms with Gasteiger partial charge in [0.15, 0.2) is 9.84 Å². The highest BCUT2D eigenvalue weighted by atomic mass is 32.2. The molecule has 0 radical (unpaired) electrons. The minimum absolute atomic E-state index is 0.102. The summed E-state index contributed by atoms with van der Waals surface area (Å²) in [5.74, 6) is -0.861. The van der Waals surface area contributed by atoms with Crippen molar-refractivity contribution in [3.8, 4) is 0 Å². The van der Waals surface area contributed by atoms with Crippen LogP contribution in [0.2, 0.25) is 0 Å². The molecule has 2 aromatic carbocycles. The van der Waals surface area contributed by atoms with Gasteiger partial charge in [-0.25, -0.2) is 12.8 Å². The molecular formula is C19H20FNO3S2. The van der Waals surface area contributed by atoms with E-state index in [1.54, 1.807) is 42.5 Å². The van der Waals surface area contributed by atoms with E-state index in [2.05, 4.69) is 0 Å². The third kappa shape index (κ3) is 3.04. The fourth-order valence-electron chi connectivity index (χ4n) is 3.57. The standard InChI is InChI=1S/C19H20FNO3S2/c1-2-24-12-19(18(21)25)16(13-8-10-14(20)11-9-13)17(19)26(22,23)15-6-4-3-5-7-15/h3-11,16-17H,2,12H2,1H3,(H2,21,25)/t16-,17-,19-/m0/s1. The third-order valence-corrected chi connectivity index (χ3v) is 7.57. The molecule has 2 aromatic rings. The van der Waals surface area contributed by atoms with Crippen LogP contribution in [0.25, 0.3) is 0 Å². The van der Waals surface area contributed by atoms with Gasteiger partial charge in [-0.15, -0.1) is 0 Å². The highest BCUT2D eigenvalue weighted by Crippen LogP contribution is 2.64. The summed E-state index contributed by atoms with van der Waals surface area (Å²) >= 11 is 5.27. The van der Waals surface area contributed by atoms with Crippen LogP contribution >= 0.6 is 12.2 Å². The van der Waals surface area contributed by atoms with Crippen LogP contribution in [0.5, 0.6) is 0 Å². The Morgan fingerprint density at radius 1 is 1.19 bits per heavy atom. The molecule has 0 bridgehead atoms. The third-order valence-electron chi connectivity index (χ3n) is 4.90. The Kier molecular flexibility index (Phi) is 5.14. The average Bonchev–Trinajstić information content (AvgIpc) is 3.33. The van der Waals surface area contributed by atoms with Gasteiger partial charge in [-0.1, -0.05) is 42.5 Å². The fourth-order valence-corrected chi connectivity index (χ4v) is 6.36. The lowest BCUT2D eigenvalue weighted by atomic mass is 10.00.